The summed E-state index contributed by atoms with van der Waals surface area (Å²) in [5, 5.41) is 3.11. The molecule has 0 atom stereocenters. The molecular formula is C34H51NO. The van der Waals surface area contributed by atoms with Crippen molar-refractivity contribution in [3.8, 4) is 0 Å². The van der Waals surface area contributed by atoms with Gasteiger partial charge in [-0.15, -0.1) is 0 Å². The molecule has 0 saturated carbocycles. The average Bonchev–Trinajstić information content (AvgIpc) is 2.87. The van der Waals surface area contributed by atoms with Crippen LogP contribution in [0.1, 0.15) is 125 Å². The van der Waals surface area contributed by atoms with Crippen molar-refractivity contribution >= 4 is 18.1 Å². The highest BCUT2D eigenvalue weighted by molar-refractivity contribution is 5.75. The molecule has 2 rings (SSSR count). The summed E-state index contributed by atoms with van der Waals surface area (Å²) in [6.45, 7) is 7.36. The third kappa shape index (κ3) is 13.1. The number of rotatable bonds is 19. The monoisotopic (exact) mass is 489 g/mol. The van der Waals surface area contributed by atoms with Gasteiger partial charge in [-0.1, -0.05) is 132 Å². The Kier molecular flexibility index (Phi) is 15.6. The maximum absolute atomic E-state index is 12.1. The molecule has 2 heteroatoms. The molecule has 0 bridgehead atoms. The highest BCUT2D eigenvalue weighted by Gasteiger charge is 2.02. The molecule has 0 aliphatic carbocycles. The predicted octanol–water partition coefficient (Wildman–Crippen LogP) is 9.61. The summed E-state index contributed by atoms with van der Waals surface area (Å²) >= 11 is 0. The van der Waals surface area contributed by atoms with Crippen molar-refractivity contribution in [3.63, 3.8) is 0 Å². The first-order valence-corrected chi connectivity index (χ1v) is 14.7. The van der Waals surface area contributed by atoms with E-state index in [1.165, 1.54) is 98.4 Å². The normalized spacial score (nSPS) is 11.3. The molecule has 2 aromatic rings. The summed E-state index contributed by atoms with van der Waals surface area (Å²) in [4.78, 5) is 12.1. The molecule has 0 aromatic heterocycles. The predicted molar refractivity (Wildman–Crippen MR) is 158 cm³/mol. The lowest BCUT2D eigenvalue weighted by atomic mass is 10.0. The van der Waals surface area contributed by atoms with Gasteiger partial charge in [0.15, 0.2) is 0 Å². The van der Waals surface area contributed by atoms with Crippen LogP contribution in [0.25, 0.3) is 12.2 Å². The zero-order valence-corrected chi connectivity index (χ0v) is 23.4. The van der Waals surface area contributed by atoms with E-state index >= 15 is 0 Å². The van der Waals surface area contributed by atoms with Gasteiger partial charge in [-0.2, -0.15) is 0 Å². The molecule has 0 saturated heterocycles. The number of amides is 1. The van der Waals surface area contributed by atoms with Crippen LogP contribution in [-0.4, -0.2) is 12.5 Å². The van der Waals surface area contributed by atoms with E-state index in [1.807, 2.05) is 0 Å². The first-order valence-electron chi connectivity index (χ1n) is 14.7. The smallest absolute Gasteiger partial charge is 0.219 e. The zero-order valence-electron chi connectivity index (χ0n) is 23.4. The fourth-order valence-corrected chi connectivity index (χ4v) is 4.86. The van der Waals surface area contributed by atoms with Crippen LogP contribution in [0.15, 0.2) is 42.5 Å². The lowest BCUT2D eigenvalue weighted by molar-refractivity contribution is -0.121. The molecular weight excluding hydrogens is 438 g/mol. The van der Waals surface area contributed by atoms with E-state index in [-0.39, 0.29) is 5.91 Å². The van der Waals surface area contributed by atoms with Crippen LogP contribution in [0.4, 0.5) is 0 Å². The Balaban J connectivity index is 1.52. The second kappa shape index (κ2) is 18.9. The Morgan fingerprint density at radius 2 is 1.31 bits per heavy atom. The van der Waals surface area contributed by atoms with Crippen molar-refractivity contribution in [3.05, 3.63) is 70.3 Å². The summed E-state index contributed by atoms with van der Waals surface area (Å²) in [6, 6.07) is 15.2. The van der Waals surface area contributed by atoms with Gasteiger partial charge < -0.3 is 5.32 Å². The van der Waals surface area contributed by atoms with Gasteiger partial charge in [0.05, 0.1) is 0 Å². The first-order chi connectivity index (χ1) is 17.6. The summed E-state index contributed by atoms with van der Waals surface area (Å²) in [7, 11) is 0. The Labute approximate surface area is 222 Å². The van der Waals surface area contributed by atoms with E-state index in [0.29, 0.717) is 6.42 Å². The fourth-order valence-electron chi connectivity index (χ4n) is 4.86. The van der Waals surface area contributed by atoms with Crippen LogP contribution in [0.3, 0.4) is 0 Å². The van der Waals surface area contributed by atoms with Gasteiger partial charge in [0.2, 0.25) is 5.91 Å². The van der Waals surface area contributed by atoms with Crippen molar-refractivity contribution in [2.24, 2.45) is 0 Å². The van der Waals surface area contributed by atoms with Gasteiger partial charge >= 0.3 is 0 Å². The Morgan fingerprint density at radius 1 is 0.722 bits per heavy atom. The number of carbonyl (C=O) groups is 1. The highest BCUT2D eigenvalue weighted by atomic mass is 16.1. The van der Waals surface area contributed by atoms with E-state index in [9.17, 15) is 4.79 Å². The highest BCUT2D eigenvalue weighted by Crippen LogP contribution is 2.18. The molecule has 2 nitrogen and oxygen atoms in total. The summed E-state index contributed by atoms with van der Waals surface area (Å²) in [5.74, 6) is 0.215. The number of aryl methyl sites for hydroxylation is 3. The second-order valence-electron chi connectivity index (χ2n) is 10.5. The van der Waals surface area contributed by atoms with Crippen LogP contribution in [-0.2, 0) is 11.2 Å². The van der Waals surface area contributed by atoms with Crippen molar-refractivity contribution in [2.45, 2.75) is 117 Å². The molecule has 0 radical (unpaired) electrons. The van der Waals surface area contributed by atoms with Crippen molar-refractivity contribution in [1.29, 1.82) is 0 Å². The average molecular weight is 490 g/mol. The van der Waals surface area contributed by atoms with Gasteiger partial charge in [-0.3, -0.25) is 4.79 Å². The van der Waals surface area contributed by atoms with Gasteiger partial charge in [-0.05, 0) is 60.9 Å². The third-order valence-electron chi connectivity index (χ3n) is 7.16. The van der Waals surface area contributed by atoms with E-state index in [1.54, 1.807) is 0 Å². The van der Waals surface area contributed by atoms with Crippen molar-refractivity contribution in [2.75, 3.05) is 6.54 Å². The standard InChI is InChI=1S/C34H51NO/c1-4-5-6-7-8-9-10-11-12-13-14-15-24-34(36)35-27-18-23-31-21-17-22-32(28-31)25-26-33-29(2)19-16-20-30(33)3/h16-17,19-22,25-26,28H,4-15,18,23-24,27H2,1-3H3,(H,35,36). The lowest BCUT2D eigenvalue weighted by Gasteiger charge is -2.07. The van der Waals surface area contributed by atoms with Gasteiger partial charge in [0, 0.05) is 13.0 Å². The van der Waals surface area contributed by atoms with E-state index < -0.39 is 0 Å². The lowest BCUT2D eigenvalue weighted by Crippen LogP contribution is -2.24. The minimum Gasteiger partial charge on any atom is -0.356 e. The van der Waals surface area contributed by atoms with E-state index in [4.69, 9.17) is 0 Å². The molecule has 0 spiro atoms. The Hall–Kier alpha value is -2.35. The number of nitrogens with one attached hydrogen (secondary N) is 1. The van der Waals surface area contributed by atoms with Gasteiger partial charge in [0.25, 0.3) is 0 Å². The first kappa shape index (κ1) is 29.9. The number of unbranched alkanes of at least 4 members (excludes halogenated alkanes) is 11. The van der Waals surface area contributed by atoms with E-state index in [0.717, 1.165) is 25.8 Å². The Bertz CT molecular complexity index is 878. The molecule has 2 aromatic carbocycles. The van der Waals surface area contributed by atoms with Gasteiger partial charge in [0.1, 0.15) is 0 Å². The van der Waals surface area contributed by atoms with Crippen molar-refractivity contribution in [1.82, 2.24) is 5.32 Å². The van der Waals surface area contributed by atoms with E-state index in [2.05, 4.69) is 80.7 Å². The number of hydrogen-bond donors (Lipinski definition) is 1. The van der Waals surface area contributed by atoms with Crippen LogP contribution in [0.2, 0.25) is 0 Å². The molecule has 36 heavy (non-hydrogen) atoms. The van der Waals surface area contributed by atoms with Crippen LogP contribution < -0.4 is 5.32 Å². The minimum absolute atomic E-state index is 0.215. The molecule has 1 amide bonds. The maximum atomic E-state index is 12.1. The minimum atomic E-state index is 0.215. The SMILES string of the molecule is CCCCCCCCCCCCCCC(=O)NCCCc1cccc(C=Cc2c(C)cccc2C)c1. The summed E-state index contributed by atoms with van der Waals surface area (Å²) in [6.07, 6.45) is 23.0. The Morgan fingerprint density at radius 3 is 1.94 bits per heavy atom. The number of benzene rings is 2. The molecule has 0 heterocycles. The van der Waals surface area contributed by atoms with Gasteiger partial charge in [-0.25, -0.2) is 0 Å². The zero-order chi connectivity index (χ0) is 25.8. The molecule has 0 aliphatic rings. The molecule has 0 fully saturated rings. The quantitative estimate of drug-likeness (QED) is 0.154. The number of hydrogen-bond acceptors (Lipinski definition) is 1. The summed E-state index contributed by atoms with van der Waals surface area (Å²) in [5.41, 5.74) is 6.47. The van der Waals surface area contributed by atoms with Crippen LogP contribution in [0, 0.1) is 13.8 Å². The summed E-state index contributed by atoms with van der Waals surface area (Å²) < 4.78 is 0. The fraction of sp³-hybridized carbons (Fsp3) is 0.559. The number of carbonyl (C=O) groups excluding carboxylic acids is 1. The second-order valence-corrected chi connectivity index (χ2v) is 10.5. The van der Waals surface area contributed by atoms with Crippen LogP contribution in [0.5, 0.6) is 0 Å². The molecule has 198 valence electrons. The van der Waals surface area contributed by atoms with Crippen molar-refractivity contribution < 1.29 is 4.79 Å². The molecule has 0 unspecified atom stereocenters. The largest absolute Gasteiger partial charge is 0.356 e. The third-order valence-corrected chi connectivity index (χ3v) is 7.16. The molecule has 0 aliphatic heterocycles. The van der Waals surface area contributed by atoms with Crippen LogP contribution >= 0.6 is 0 Å². The topological polar surface area (TPSA) is 29.1 Å². The molecule has 1 N–H and O–H groups in total. The maximum Gasteiger partial charge on any atom is 0.219 e.